The van der Waals surface area contributed by atoms with Crippen LogP contribution in [0.3, 0.4) is 0 Å². The molecule has 0 fully saturated rings. The number of likely N-dealkylation sites (N-methyl/N-ethyl adjacent to an activating group) is 1. The highest BCUT2D eigenvalue weighted by Crippen LogP contribution is 2.38. The normalized spacial score (nSPS) is 14.5. The summed E-state index contributed by atoms with van der Waals surface area (Å²) < 4.78 is 26.1. The number of anilines is 3. The molecule has 7 nitrogen and oxygen atoms in total. The van der Waals surface area contributed by atoms with Gasteiger partial charge in [0.2, 0.25) is 10.0 Å². The lowest BCUT2D eigenvalue weighted by Crippen LogP contribution is -2.35. The second kappa shape index (κ2) is 10.1. The van der Waals surface area contributed by atoms with E-state index in [9.17, 15) is 13.2 Å². The number of nitrogens with zero attached hydrogens (tertiary/aromatic N) is 2. The van der Waals surface area contributed by atoms with Crippen molar-refractivity contribution in [2.45, 2.75) is 0 Å². The molecule has 4 rings (SSSR count). The summed E-state index contributed by atoms with van der Waals surface area (Å²) in [4.78, 5) is 14.9. The van der Waals surface area contributed by atoms with Gasteiger partial charge in [0, 0.05) is 40.6 Å². The van der Waals surface area contributed by atoms with Crippen molar-refractivity contribution in [2.24, 2.45) is 0 Å². The third-order valence-electron chi connectivity index (χ3n) is 5.61. The Morgan fingerprint density at radius 2 is 1.69 bits per heavy atom. The van der Waals surface area contributed by atoms with Crippen LogP contribution in [0.4, 0.5) is 17.1 Å². The molecule has 0 atom stereocenters. The van der Waals surface area contributed by atoms with Crippen molar-refractivity contribution in [1.29, 1.82) is 0 Å². The van der Waals surface area contributed by atoms with E-state index in [-0.39, 0.29) is 5.91 Å². The minimum Gasteiger partial charge on any atom is -0.354 e. The molecule has 182 valence electrons. The molecule has 0 bridgehead atoms. The Balaban J connectivity index is 1.73. The molecule has 1 heterocycles. The highest BCUT2D eigenvalue weighted by atomic mass is 35.5. The van der Waals surface area contributed by atoms with Crippen LogP contribution in [0.15, 0.2) is 72.8 Å². The zero-order valence-electron chi connectivity index (χ0n) is 19.7. The molecule has 3 aromatic carbocycles. The number of sulfonamides is 1. The predicted octanol–water partition coefficient (Wildman–Crippen LogP) is 4.60. The summed E-state index contributed by atoms with van der Waals surface area (Å²) in [5.41, 5.74) is 4.69. The minimum atomic E-state index is -3.44. The van der Waals surface area contributed by atoms with E-state index in [0.717, 1.165) is 16.8 Å². The van der Waals surface area contributed by atoms with Gasteiger partial charge in [0.25, 0.3) is 5.91 Å². The van der Waals surface area contributed by atoms with E-state index in [1.54, 1.807) is 36.4 Å². The van der Waals surface area contributed by atoms with Crippen molar-refractivity contribution in [3.8, 4) is 0 Å². The SMILES string of the molecule is CN(C)CCN(c1ccc(NC(=C2C(=O)Nc3ccccc32)c2cccc(Cl)c2)cc1)S(C)(=O)=O. The maximum Gasteiger partial charge on any atom is 0.258 e. The lowest BCUT2D eigenvalue weighted by atomic mass is 10.00. The predicted molar refractivity (Wildman–Crippen MR) is 144 cm³/mol. The highest BCUT2D eigenvalue weighted by Gasteiger charge is 2.28. The van der Waals surface area contributed by atoms with Crippen molar-refractivity contribution in [3.05, 3.63) is 88.9 Å². The Hall–Kier alpha value is -3.33. The van der Waals surface area contributed by atoms with Crippen LogP contribution in [-0.2, 0) is 14.8 Å². The first-order chi connectivity index (χ1) is 16.6. The number of hydrogen-bond acceptors (Lipinski definition) is 5. The van der Waals surface area contributed by atoms with Crippen LogP contribution in [0.25, 0.3) is 11.3 Å². The number of carbonyl (C=O) groups is 1. The molecular formula is C26H27ClN4O3S. The van der Waals surface area contributed by atoms with Gasteiger partial charge in [-0.25, -0.2) is 8.42 Å². The number of para-hydroxylation sites is 1. The average Bonchev–Trinajstić information content (AvgIpc) is 3.13. The number of benzene rings is 3. The van der Waals surface area contributed by atoms with Gasteiger partial charge in [-0.1, -0.05) is 41.9 Å². The van der Waals surface area contributed by atoms with Gasteiger partial charge in [0.05, 0.1) is 23.2 Å². The Bertz CT molecular complexity index is 1390. The number of amides is 1. The maximum atomic E-state index is 13.0. The summed E-state index contributed by atoms with van der Waals surface area (Å²) in [6.07, 6.45) is 1.20. The fourth-order valence-electron chi connectivity index (χ4n) is 3.92. The van der Waals surface area contributed by atoms with Crippen molar-refractivity contribution >= 4 is 55.9 Å². The van der Waals surface area contributed by atoms with Crippen LogP contribution < -0.4 is 14.9 Å². The van der Waals surface area contributed by atoms with Crippen LogP contribution in [0.2, 0.25) is 5.02 Å². The zero-order valence-corrected chi connectivity index (χ0v) is 21.3. The Kier molecular flexibility index (Phi) is 7.16. The fraction of sp³-hybridized carbons (Fsp3) is 0.192. The van der Waals surface area contributed by atoms with Gasteiger partial charge in [-0.3, -0.25) is 9.10 Å². The van der Waals surface area contributed by atoms with Gasteiger partial charge in [-0.2, -0.15) is 0 Å². The first-order valence-electron chi connectivity index (χ1n) is 11.0. The number of hydrogen-bond donors (Lipinski definition) is 2. The summed E-state index contributed by atoms with van der Waals surface area (Å²) in [5, 5.41) is 6.84. The third-order valence-corrected chi connectivity index (χ3v) is 7.04. The van der Waals surface area contributed by atoms with Crippen LogP contribution in [0, 0.1) is 0 Å². The van der Waals surface area contributed by atoms with Gasteiger partial charge in [0.15, 0.2) is 0 Å². The molecule has 1 aliphatic heterocycles. The van der Waals surface area contributed by atoms with E-state index in [0.29, 0.717) is 40.8 Å². The molecule has 1 aliphatic rings. The second-order valence-corrected chi connectivity index (χ2v) is 10.9. The lowest BCUT2D eigenvalue weighted by molar-refractivity contribution is -0.110. The van der Waals surface area contributed by atoms with Crippen LogP contribution >= 0.6 is 11.6 Å². The van der Waals surface area contributed by atoms with E-state index in [1.165, 1.54) is 10.6 Å². The maximum absolute atomic E-state index is 13.0. The van der Waals surface area contributed by atoms with Gasteiger partial charge in [-0.15, -0.1) is 0 Å². The summed E-state index contributed by atoms with van der Waals surface area (Å²) in [6, 6.07) is 21.9. The van der Waals surface area contributed by atoms with E-state index >= 15 is 0 Å². The number of halogens is 1. The molecule has 35 heavy (non-hydrogen) atoms. The molecule has 0 saturated heterocycles. The lowest BCUT2D eigenvalue weighted by Gasteiger charge is -2.24. The molecular weight excluding hydrogens is 484 g/mol. The first-order valence-corrected chi connectivity index (χ1v) is 13.3. The minimum absolute atomic E-state index is 0.211. The standard InChI is InChI=1S/C26H27ClN4O3S/c1-30(2)15-16-31(35(3,33)34)21-13-11-20(12-14-21)28-25(18-7-6-8-19(27)17-18)24-22-9-4-5-10-23(22)29-26(24)32/h4-14,17,28H,15-16H2,1-3H3,(H,29,32). The number of carbonyl (C=O) groups excluding carboxylic acids is 1. The number of rotatable bonds is 8. The highest BCUT2D eigenvalue weighted by molar-refractivity contribution is 7.92. The Morgan fingerprint density at radius 3 is 2.34 bits per heavy atom. The Morgan fingerprint density at radius 1 is 0.971 bits per heavy atom. The fourth-order valence-corrected chi connectivity index (χ4v) is 5.03. The smallest absolute Gasteiger partial charge is 0.258 e. The van der Waals surface area contributed by atoms with Gasteiger partial charge >= 0.3 is 0 Å². The van der Waals surface area contributed by atoms with E-state index in [4.69, 9.17) is 11.6 Å². The summed E-state index contributed by atoms with van der Waals surface area (Å²) in [6.45, 7) is 0.931. The zero-order chi connectivity index (χ0) is 25.2. The third kappa shape index (κ3) is 5.67. The molecule has 0 spiro atoms. The van der Waals surface area contributed by atoms with Crippen LogP contribution in [0.5, 0.6) is 0 Å². The molecule has 9 heteroatoms. The van der Waals surface area contributed by atoms with Gasteiger partial charge in [0.1, 0.15) is 0 Å². The van der Waals surface area contributed by atoms with Crippen molar-refractivity contribution < 1.29 is 13.2 Å². The molecule has 1 amide bonds. The van der Waals surface area contributed by atoms with E-state index in [2.05, 4.69) is 10.6 Å². The van der Waals surface area contributed by atoms with Gasteiger partial charge in [-0.05, 0) is 56.6 Å². The average molecular weight is 511 g/mol. The molecule has 2 N–H and O–H groups in total. The number of fused-ring (bicyclic) bond motifs is 1. The number of nitrogens with one attached hydrogen (secondary N) is 2. The van der Waals surface area contributed by atoms with Crippen molar-refractivity contribution in [2.75, 3.05) is 48.4 Å². The van der Waals surface area contributed by atoms with E-state index < -0.39 is 10.0 Å². The largest absolute Gasteiger partial charge is 0.354 e. The van der Waals surface area contributed by atoms with Crippen LogP contribution in [0.1, 0.15) is 11.1 Å². The first kappa shape index (κ1) is 24.8. The molecule has 0 saturated carbocycles. The van der Waals surface area contributed by atoms with Crippen LogP contribution in [-0.4, -0.2) is 52.7 Å². The second-order valence-electron chi connectivity index (χ2n) is 8.57. The monoisotopic (exact) mass is 510 g/mol. The van der Waals surface area contributed by atoms with Gasteiger partial charge < -0.3 is 15.5 Å². The molecule has 0 aliphatic carbocycles. The van der Waals surface area contributed by atoms with Crippen molar-refractivity contribution in [3.63, 3.8) is 0 Å². The van der Waals surface area contributed by atoms with Crippen molar-refractivity contribution in [1.82, 2.24) is 4.90 Å². The molecule has 3 aromatic rings. The summed E-state index contributed by atoms with van der Waals surface area (Å²) in [5.74, 6) is -0.211. The Labute approximate surface area is 211 Å². The summed E-state index contributed by atoms with van der Waals surface area (Å²) in [7, 11) is 0.355. The topological polar surface area (TPSA) is 81.8 Å². The quantitative estimate of drug-likeness (QED) is 0.433. The van der Waals surface area contributed by atoms with E-state index in [1.807, 2.05) is 55.4 Å². The summed E-state index contributed by atoms with van der Waals surface area (Å²) >= 11 is 6.27. The molecule has 0 unspecified atom stereocenters. The molecule has 0 aromatic heterocycles. The molecule has 0 radical (unpaired) electrons.